The maximum Gasteiger partial charge on any atom is 0.440 e. The SMILES string of the molecule is CCCCCCCCCCCCCCCCCCOC(CO)OP(=O)(OCC)C(=O)O. The molecule has 0 heterocycles. The molecule has 0 saturated carbocycles. The second-order valence-corrected chi connectivity index (χ2v) is 9.94. The molecule has 0 radical (unpaired) electrons. The highest BCUT2D eigenvalue weighted by Crippen LogP contribution is 2.49. The first-order valence-electron chi connectivity index (χ1n) is 12.4. The van der Waals surface area contributed by atoms with Crippen LogP contribution in [0.1, 0.15) is 117 Å². The minimum absolute atomic E-state index is 0.0686. The van der Waals surface area contributed by atoms with Gasteiger partial charge in [0.05, 0.1) is 13.2 Å². The van der Waals surface area contributed by atoms with Crippen LogP contribution in [0, 0.1) is 0 Å². The van der Waals surface area contributed by atoms with Gasteiger partial charge in [-0.15, -0.1) is 0 Å². The number of rotatable bonds is 24. The van der Waals surface area contributed by atoms with Crippen molar-refractivity contribution in [2.75, 3.05) is 19.8 Å². The van der Waals surface area contributed by atoms with Crippen LogP contribution < -0.4 is 0 Å². The number of hydrogen-bond acceptors (Lipinski definition) is 6. The van der Waals surface area contributed by atoms with Crippen LogP contribution in [0.3, 0.4) is 0 Å². The number of carbonyl (C=O) groups is 1. The van der Waals surface area contributed by atoms with Crippen LogP contribution in [0.5, 0.6) is 0 Å². The number of aliphatic hydroxyl groups excluding tert-OH is 1. The molecule has 2 N–H and O–H groups in total. The Morgan fingerprint density at radius 1 is 0.774 bits per heavy atom. The van der Waals surface area contributed by atoms with Crippen LogP contribution >= 0.6 is 7.60 Å². The van der Waals surface area contributed by atoms with Gasteiger partial charge in [-0.3, -0.25) is 4.52 Å². The molecule has 0 aromatic heterocycles. The van der Waals surface area contributed by atoms with Crippen LogP contribution in [-0.2, 0) is 18.3 Å². The zero-order valence-electron chi connectivity index (χ0n) is 19.9. The summed E-state index contributed by atoms with van der Waals surface area (Å²) in [5, 5.41) is 18.2. The van der Waals surface area contributed by atoms with E-state index < -0.39 is 26.2 Å². The Kier molecular flexibility index (Phi) is 21.1. The average molecular weight is 467 g/mol. The molecule has 2 atom stereocenters. The molecule has 0 aromatic carbocycles. The fourth-order valence-electron chi connectivity index (χ4n) is 3.44. The quantitative estimate of drug-likeness (QED) is 0.0862. The molecule has 0 aliphatic rings. The van der Waals surface area contributed by atoms with Gasteiger partial charge in [-0.2, -0.15) is 0 Å². The average Bonchev–Trinajstić information content (AvgIpc) is 2.75. The number of unbranched alkanes of at least 4 members (excludes halogenated alkanes) is 15. The van der Waals surface area contributed by atoms with Crippen LogP contribution in [0.4, 0.5) is 4.79 Å². The minimum Gasteiger partial charge on any atom is -0.472 e. The predicted octanol–water partition coefficient (Wildman–Crippen LogP) is 7.51. The molecule has 31 heavy (non-hydrogen) atoms. The molecule has 0 aliphatic heterocycles. The zero-order valence-corrected chi connectivity index (χ0v) is 20.8. The lowest BCUT2D eigenvalue weighted by Gasteiger charge is -2.20. The van der Waals surface area contributed by atoms with E-state index in [1.165, 1.54) is 90.4 Å². The van der Waals surface area contributed by atoms with Crippen molar-refractivity contribution < 1.29 is 33.4 Å². The normalized spacial score (nSPS) is 14.4. The van der Waals surface area contributed by atoms with Crippen molar-refractivity contribution in [3.8, 4) is 0 Å². The Morgan fingerprint density at radius 2 is 1.19 bits per heavy atom. The van der Waals surface area contributed by atoms with Crippen molar-refractivity contribution in [3.63, 3.8) is 0 Å². The number of hydrogen-bond donors (Lipinski definition) is 2. The van der Waals surface area contributed by atoms with Crippen LogP contribution in [0.2, 0.25) is 0 Å². The fourth-order valence-corrected chi connectivity index (χ4v) is 4.48. The Balaban J connectivity index is 3.52. The third-order valence-corrected chi connectivity index (χ3v) is 6.82. The van der Waals surface area contributed by atoms with E-state index >= 15 is 0 Å². The number of aliphatic hydroxyl groups is 1. The molecule has 0 aromatic rings. The minimum atomic E-state index is -4.32. The summed E-state index contributed by atoms with van der Waals surface area (Å²) >= 11 is 0. The lowest BCUT2D eigenvalue weighted by Crippen LogP contribution is -2.23. The van der Waals surface area contributed by atoms with Crippen molar-refractivity contribution in [2.45, 2.75) is 123 Å². The first kappa shape index (κ1) is 30.5. The molecule has 0 rings (SSSR count). The molecule has 2 unspecified atom stereocenters. The Bertz CT molecular complexity index is 459. The van der Waals surface area contributed by atoms with Gasteiger partial charge in [0.25, 0.3) is 0 Å². The molecular weight excluding hydrogens is 419 g/mol. The summed E-state index contributed by atoms with van der Waals surface area (Å²) in [4.78, 5) is 11.0. The van der Waals surface area contributed by atoms with E-state index in [9.17, 15) is 14.5 Å². The lowest BCUT2D eigenvalue weighted by molar-refractivity contribution is -0.112. The second kappa shape index (κ2) is 21.4. The Labute approximate surface area is 189 Å². The van der Waals surface area contributed by atoms with E-state index in [-0.39, 0.29) is 6.61 Å². The van der Waals surface area contributed by atoms with Crippen LogP contribution in [0.25, 0.3) is 0 Å². The van der Waals surface area contributed by atoms with Crippen molar-refractivity contribution in [2.24, 2.45) is 0 Å². The second-order valence-electron chi connectivity index (χ2n) is 8.09. The van der Waals surface area contributed by atoms with E-state index in [0.29, 0.717) is 6.61 Å². The molecule has 8 heteroatoms. The predicted molar refractivity (Wildman–Crippen MR) is 125 cm³/mol. The highest BCUT2D eigenvalue weighted by molar-refractivity contribution is 7.71. The molecule has 0 bridgehead atoms. The van der Waals surface area contributed by atoms with Crippen molar-refractivity contribution in [1.29, 1.82) is 0 Å². The highest BCUT2D eigenvalue weighted by Gasteiger charge is 2.37. The van der Waals surface area contributed by atoms with Gasteiger partial charge >= 0.3 is 13.3 Å². The first-order valence-corrected chi connectivity index (χ1v) is 13.9. The summed E-state index contributed by atoms with van der Waals surface area (Å²) in [7, 11) is -4.32. The molecule has 0 aliphatic carbocycles. The monoisotopic (exact) mass is 466 g/mol. The summed E-state index contributed by atoms with van der Waals surface area (Å²) in [5.74, 6) is 0. The van der Waals surface area contributed by atoms with Crippen molar-refractivity contribution >= 4 is 13.3 Å². The van der Waals surface area contributed by atoms with Gasteiger partial charge in [0.15, 0.2) is 6.29 Å². The molecule has 186 valence electrons. The van der Waals surface area contributed by atoms with E-state index in [2.05, 4.69) is 6.92 Å². The zero-order chi connectivity index (χ0) is 23.2. The van der Waals surface area contributed by atoms with E-state index in [0.717, 1.165) is 19.3 Å². The van der Waals surface area contributed by atoms with Gasteiger partial charge in [0, 0.05) is 6.61 Å². The van der Waals surface area contributed by atoms with Gasteiger partial charge in [-0.1, -0.05) is 103 Å². The lowest BCUT2D eigenvalue weighted by atomic mass is 10.0. The first-order chi connectivity index (χ1) is 15.0. The molecule has 0 spiro atoms. The topological polar surface area (TPSA) is 102 Å². The standard InChI is InChI=1S/C23H47O7P/c1-3-5-6-7-8-9-10-11-12-13-14-15-16-17-18-19-20-28-22(21-24)30-31(27,23(25)26)29-4-2/h22,24H,3-21H2,1-2H3,(H,25,26). The number of ether oxygens (including phenoxy) is 1. The van der Waals surface area contributed by atoms with E-state index in [4.69, 9.17) is 18.9 Å². The molecule has 0 fully saturated rings. The smallest absolute Gasteiger partial charge is 0.440 e. The summed E-state index contributed by atoms with van der Waals surface area (Å²) < 4.78 is 26.9. The van der Waals surface area contributed by atoms with Crippen molar-refractivity contribution in [3.05, 3.63) is 0 Å². The summed E-state index contributed by atoms with van der Waals surface area (Å²) in [5.41, 5.74) is -1.68. The molecule has 0 saturated heterocycles. The Hall–Kier alpha value is -0.460. The largest absolute Gasteiger partial charge is 0.472 e. The van der Waals surface area contributed by atoms with Crippen LogP contribution in [0.15, 0.2) is 0 Å². The Morgan fingerprint density at radius 3 is 1.55 bits per heavy atom. The summed E-state index contributed by atoms with van der Waals surface area (Å²) in [6, 6.07) is 0. The number of carboxylic acid groups (broad SMARTS) is 1. The van der Waals surface area contributed by atoms with Gasteiger partial charge in [-0.05, 0) is 13.3 Å². The van der Waals surface area contributed by atoms with Gasteiger partial charge in [0.2, 0.25) is 0 Å². The fraction of sp³-hybridized carbons (Fsp3) is 0.957. The third kappa shape index (κ3) is 17.7. The van der Waals surface area contributed by atoms with E-state index in [1.54, 1.807) is 0 Å². The highest BCUT2D eigenvalue weighted by atomic mass is 31.2. The van der Waals surface area contributed by atoms with Gasteiger partial charge < -0.3 is 19.5 Å². The van der Waals surface area contributed by atoms with Gasteiger partial charge in [-0.25, -0.2) is 9.36 Å². The maximum atomic E-state index is 12.0. The van der Waals surface area contributed by atoms with Crippen LogP contribution in [-0.4, -0.2) is 42.0 Å². The maximum absolute atomic E-state index is 12.0. The van der Waals surface area contributed by atoms with Crippen molar-refractivity contribution in [1.82, 2.24) is 0 Å². The third-order valence-electron chi connectivity index (χ3n) is 5.24. The molecular formula is C23H47O7P. The van der Waals surface area contributed by atoms with E-state index in [1.807, 2.05) is 0 Å². The molecule has 0 amide bonds. The summed E-state index contributed by atoms with van der Waals surface area (Å²) in [6.07, 6.45) is 19.2. The molecule has 7 nitrogen and oxygen atoms in total. The summed E-state index contributed by atoms with van der Waals surface area (Å²) in [6.45, 7) is 3.44. The van der Waals surface area contributed by atoms with Gasteiger partial charge in [0.1, 0.15) is 0 Å².